The van der Waals surface area contributed by atoms with Crippen LogP contribution in [-0.4, -0.2) is 33.8 Å². The molecule has 0 N–H and O–H groups in total. The molecule has 1 aromatic carbocycles. The Morgan fingerprint density at radius 3 is 2.59 bits per heavy atom. The van der Waals surface area contributed by atoms with E-state index in [0.29, 0.717) is 12.6 Å². The maximum atomic E-state index is 13.4. The molecule has 154 valence electrons. The Hall–Kier alpha value is -2.76. The first-order chi connectivity index (χ1) is 14.1. The van der Waals surface area contributed by atoms with Crippen LogP contribution < -0.4 is 15.3 Å². The summed E-state index contributed by atoms with van der Waals surface area (Å²) in [6.07, 6.45) is 4.65. The van der Waals surface area contributed by atoms with Gasteiger partial charge in [-0.25, -0.2) is 14.3 Å². The van der Waals surface area contributed by atoms with Crippen molar-refractivity contribution in [3.63, 3.8) is 0 Å². The minimum Gasteiger partial charge on any atom is -0.497 e. The summed E-state index contributed by atoms with van der Waals surface area (Å²) in [5.41, 5.74) is 4.51. The first-order valence-corrected chi connectivity index (χ1v) is 10.6. The fraction of sp³-hybridized carbons (Fsp3) is 0.478. The van der Waals surface area contributed by atoms with Gasteiger partial charge >= 0.3 is 5.69 Å². The molecule has 1 aliphatic rings. The van der Waals surface area contributed by atoms with Crippen molar-refractivity contribution in [1.82, 2.24) is 14.1 Å². The van der Waals surface area contributed by atoms with Gasteiger partial charge in [0.05, 0.1) is 18.5 Å². The van der Waals surface area contributed by atoms with Crippen molar-refractivity contribution in [2.45, 2.75) is 59.0 Å². The second-order valence-electron chi connectivity index (χ2n) is 7.85. The summed E-state index contributed by atoms with van der Waals surface area (Å²) in [6.45, 7) is 8.05. The molecule has 0 unspecified atom stereocenters. The van der Waals surface area contributed by atoms with Gasteiger partial charge in [0.15, 0.2) is 5.65 Å². The number of aromatic nitrogens is 3. The van der Waals surface area contributed by atoms with Crippen molar-refractivity contribution in [1.29, 1.82) is 0 Å². The lowest BCUT2D eigenvalue weighted by Crippen LogP contribution is -2.42. The second kappa shape index (κ2) is 7.93. The standard InChI is InChI=1S/C23H30N4O2/c1-5-8-17(9-6-2)25-12-13-26-21-20(25)14-16(3)24-22(21)27(23(26)28)18-10-7-11-19(15-18)29-4/h7,10-11,14-15,17H,5-6,8-9,12-13H2,1-4H3. The molecular formula is C23H30N4O2. The molecular weight excluding hydrogens is 364 g/mol. The van der Waals surface area contributed by atoms with E-state index in [1.54, 1.807) is 11.7 Å². The normalized spacial score (nSPS) is 13.5. The third-order valence-corrected chi connectivity index (χ3v) is 5.86. The molecule has 6 heteroatoms. The van der Waals surface area contributed by atoms with Gasteiger partial charge in [0, 0.05) is 30.9 Å². The van der Waals surface area contributed by atoms with Crippen LogP contribution in [0.2, 0.25) is 0 Å². The molecule has 3 heterocycles. The van der Waals surface area contributed by atoms with E-state index in [1.165, 1.54) is 0 Å². The van der Waals surface area contributed by atoms with Gasteiger partial charge in [-0.15, -0.1) is 0 Å². The lowest BCUT2D eigenvalue weighted by atomic mass is 10.0. The quantitative estimate of drug-likeness (QED) is 0.600. The third kappa shape index (κ3) is 3.30. The Morgan fingerprint density at radius 1 is 1.14 bits per heavy atom. The summed E-state index contributed by atoms with van der Waals surface area (Å²) in [7, 11) is 1.64. The molecule has 0 fully saturated rings. The Morgan fingerprint density at radius 2 is 1.90 bits per heavy atom. The van der Waals surface area contributed by atoms with E-state index in [2.05, 4.69) is 24.8 Å². The summed E-state index contributed by atoms with van der Waals surface area (Å²) in [5, 5.41) is 0. The number of methoxy groups -OCH3 is 1. The predicted octanol–water partition coefficient (Wildman–Crippen LogP) is 4.29. The van der Waals surface area contributed by atoms with E-state index < -0.39 is 0 Å². The van der Waals surface area contributed by atoms with Crippen LogP contribution in [0.1, 0.15) is 45.2 Å². The zero-order chi connectivity index (χ0) is 20.5. The molecule has 0 amide bonds. The van der Waals surface area contributed by atoms with Gasteiger partial charge in [-0.3, -0.25) is 4.57 Å². The number of ether oxygens (including phenoxy) is 1. The van der Waals surface area contributed by atoms with Crippen molar-refractivity contribution in [3.8, 4) is 11.4 Å². The lowest BCUT2D eigenvalue weighted by Gasteiger charge is -2.37. The zero-order valence-corrected chi connectivity index (χ0v) is 17.8. The summed E-state index contributed by atoms with van der Waals surface area (Å²) in [4.78, 5) is 20.7. The SMILES string of the molecule is CCCC(CCC)N1CCn2c(=O)n(-c3cccc(OC)c3)c3nc(C)cc1c32. The van der Waals surface area contributed by atoms with E-state index in [4.69, 9.17) is 9.72 Å². The van der Waals surface area contributed by atoms with Crippen LogP contribution in [0.15, 0.2) is 35.1 Å². The highest BCUT2D eigenvalue weighted by Gasteiger charge is 2.29. The molecule has 29 heavy (non-hydrogen) atoms. The molecule has 0 aliphatic carbocycles. The van der Waals surface area contributed by atoms with Crippen LogP contribution in [-0.2, 0) is 6.54 Å². The number of hydrogen-bond acceptors (Lipinski definition) is 4. The van der Waals surface area contributed by atoms with Crippen molar-refractivity contribution < 1.29 is 4.74 Å². The first kappa shape index (κ1) is 19.6. The van der Waals surface area contributed by atoms with Crippen LogP contribution in [0.4, 0.5) is 5.69 Å². The minimum atomic E-state index is -0.0326. The Kier molecular flexibility index (Phi) is 5.35. The van der Waals surface area contributed by atoms with Gasteiger partial charge in [0.2, 0.25) is 0 Å². The van der Waals surface area contributed by atoms with Crippen LogP contribution in [0.25, 0.3) is 16.9 Å². The topological polar surface area (TPSA) is 52.3 Å². The second-order valence-corrected chi connectivity index (χ2v) is 7.85. The van der Waals surface area contributed by atoms with Crippen LogP contribution in [0.5, 0.6) is 5.75 Å². The molecule has 4 rings (SSSR count). The maximum absolute atomic E-state index is 13.4. The van der Waals surface area contributed by atoms with Gasteiger partial charge in [-0.1, -0.05) is 32.8 Å². The molecule has 0 saturated carbocycles. The number of pyridine rings is 1. The van der Waals surface area contributed by atoms with Crippen molar-refractivity contribution in [3.05, 3.63) is 46.5 Å². The average Bonchev–Trinajstić information content (AvgIpc) is 3.00. The molecule has 1 aliphatic heterocycles. The van der Waals surface area contributed by atoms with Crippen LogP contribution in [0.3, 0.4) is 0 Å². The monoisotopic (exact) mass is 394 g/mol. The highest BCUT2D eigenvalue weighted by Crippen LogP contribution is 2.34. The summed E-state index contributed by atoms with van der Waals surface area (Å²) in [6, 6.07) is 10.3. The molecule has 0 saturated heterocycles. The fourth-order valence-electron chi connectivity index (χ4n) is 4.59. The zero-order valence-electron chi connectivity index (χ0n) is 17.8. The number of nitrogens with zero attached hydrogens (tertiary/aromatic N) is 4. The smallest absolute Gasteiger partial charge is 0.335 e. The largest absolute Gasteiger partial charge is 0.497 e. The van der Waals surface area contributed by atoms with Crippen LogP contribution in [0, 0.1) is 6.92 Å². The van der Waals surface area contributed by atoms with Crippen molar-refractivity contribution in [2.75, 3.05) is 18.6 Å². The van der Waals surface area contributed by atoms with Gasteiger partial charge in [0.1, 0.15) is 11.3 Å². The third-order valence-electron chi connectivity index (χ3n) is 5.86. The molecule has 6 nitrogen and oxygen atoms in total. The van der Waals surface area contributed by atoms with E-state index in [0.717, 1.165) is 66.2 Å². The molecule has 3 aromatic rings. The minimum absolute atomic E-state index is 0.0326. The van der Waals surface area contributed by atoms with Crippen LogP contribution >= 0.6 is 0 Å². The predicted molar refractivity (Wildman–Crippen MR) is 118 cm³/mol. The average molecular weight is 395 g/mol. The number of imidazole rings is 1. The number of aryl methyl sites for hydroxylation is 1. The lowest BCUT2D eigenvalue weighted by molar-refractivity contribution is 0.414. The number of hydrogen-bond donors (Lipinski definition) is 0. The van der Waals surface area contributed by atoms with Gasteiger partial charge in [-0.05, 0) is 38.0 Å². The molecule has 0 radical (unpaired) electrons. The van der Waals surface area contributed by atoms with Gasteiger partial charge < -0.3 is 9.64 Å². The molecule has 0 atom stereocenters. The summed E-state index contributed by atoms with van der Waals surface area (Å²) in [5.74, 6) is 0.727. The highest BCUT2D eigenvalue weighted by molar-refractivity contribution is 5.89. The summed E-state index contributed by atoms with van der Waals surface area (Å²) >= 11 is 0. The Balaban J connectivity index is 1.94. The van der Waals surface area contributed by atoms with E-state index >= 15 is 0 Å². The Labute approximate surface area is 171 Å². The van der Waals surface area contributed by atoms with E-state index in [9.17, 15) is 4.79 Å². The number of anilines is 1. The Bertz CT molecular complexity index is 1080. The highest BCUT2D eigenvalue weighted by atomic mass is 16.5. The molecule has 0 bridgehead atoms. The molecule has 0 spiro atoms. The van der Waals surface area contributed by atoms with Gasteiger partial charge in [0.25, 0.3) is 0 Å². The first-order valence-electron chi connectivity index (χ1n) is 10.6. The molecule has 2 aromatic heterocycles. The van der Waals surface area contributed by atoms with Crippen molar-refractivity contribution >= 4 is 16.9 Å². The number of rotatable bonds is 7. The van der Waals surface area contributed by atoms with Crippen molar-refractivity contribution in [2.24, 2.45) is 0 Å². The fourth-order valence-corrected chi connectivity index (χ4v) is 4.59. The summed E-state index contributed by atoms with van der Waals surface area (Å²) < 4.78 is 8.99. The van der Waals surface area contributed by atoms with E-state index in [-0.39, 0.29) is 5.69 Å². The van der Waals surface area contributed by atoms with Gasteiger partial charge in [-0.2, -0.15) is 0 Å². The maximum Gasteiger partial charge on any atom is 0.335 e. The van der Waals surface area contributed by atoms with E-state index in [1.807, 2.05) is 35.8 Å². The number of benzene rings is 1.